The van der Waals surface area contributed by atoms with E-state index in [1.54, 1.807) is 0 Å². The zero-order valence-electron chi connectivity index (χ0n) is 4.13. The summed E-state index contributed by atoms with van der Waals surface area (Å²) in [6.45, 7) is 0.263. The molecule has 7 heavy (non-hydrogen) atoms. The smallest absolute Gasteiger partial charge is 0.160 e. The fourth-order valence-corrected chi connectivity index (χ4v) is 0.161. The number of carbonyl (C=O) groups is 1. The Morgan fingerprint density at radius 1 is 1.86 bits per heavy atom. The van der Waals surface area contributed by atoms with Crippen molar-refractivity contribution in [3.8, 4) is 0 Å². The van der Waals surface area contributed by atoms with E-state index in [0.29, 0.717) is 6.29 Å². The summed E-state index contributed by atoms with van der Waals surface area (Å²) >= 11 is 0. The third-order valence-electron chi connectivity index (χ3n) is 0.370. The van der Waals surface area contributed by atoms with E-state index in [0.717, 1.165) is 6.21 Å². The summed E-state index contributed by atoms with van der Waals surface area (Å²) in [5.74, 6) is 0. The van der Waals surface area contributed by atoms with Crippen molar-refractivity contribution in [1.82, 2.24) is 0 Å². The second-order valence-corrected chi connectivity index (χ2v) is 0.886. The summed E-state index contributed by atoms with van der Waals surface area (Å²) in [6.07, 6.45) is 1.77. The highest BCUT2D eigenvalue weighted by atomic mass is 16.5. The van der Waals surface area contributed by atoms with E-state index in [1.165, 1.54) is 7.11 Å². The Kier molecular flexibility index (Phi) is 4.77. The number of aldehydes is 1. The van der Waals surface area contributed by atoms with Gasteiger partial charge >= 0.3 is 0 Å². The molecule has 0 aliphatic carbocycles. The average molecular weight is 101 g/mol. The van der Waals surface area contributed by atoms with Crippen LogP contribution in [0.2, 0.25) is 0 Å². The number of methoxy groups -OCH3 is 1. The van der Waals surface area contributed by atoms with Gasteiger partial charge in [0.15, 0.2) is 6.29 Å². The van der Waals surface area contributed by atoms with Gasteiger partial charge in [0.05, 0.1) is 6.21 Å². The quantitative estimate of drug-likeness (QED) is 0.366. The maximum atomic E-state index is 9.47. The highest BCUT2D eigenvalue weighted by Crippen LogP contribution is 1.63. The van der Waals surface area contributed by atoms with Crippen LogP contribution in [0.4, 0.5) is 0 Å². The predicted octanol–water partition coefficient (Wildman–Crippen LogP) is -0.140. The largest absolute Gasteiger partial charge is 0.363 e. The van der Waals surface area contributed by atoms with E-state index in [4.69, 9.17) is 0 Å². The molecule has 0 saturated carbocycles. The first kappa shape index (κ1) is 6.30. The minimum atomic E-state index is 0.263. The molecule has 0 aliphatic heterocycles. The first-order valence-corrected chi connectivity index (χ1v) is 1.84. The standard InChI is InChI=1S/C4H7NO2/c1-7-4-5-2-3-6/h2-3H,4H2,1H3. The van der Waals surface area contributed by atoms with Gasteiger partial charge in [-0.15, -0.1) is 0 Å². The van der Waals surface area contributed by atoms with Crippen LogP contribution in [-0.2, 0) is 9.53 Å². The van der Waals surface area contributed by atoms with Gasteiger partial charge in [0.25, 0.3) is 0 Å². The number of hydrogen-bond acceptors (Lipinski definition) is 3. The number of rotatable bonds is 3. The molecule has 0 rings (SSSR count). The Bertz CT molecular complexity index is 70.1. The van der Waals surface area contributed by atoms with E-state index >= 15 is 0 Å². The van der Waals surface area contributed by atoms with E-state index in [2.05, 4.69) is 9.73 Å². The highest BCUT2D eigenvalue weighted by Gasteiger charge is 1.65. The first-order chi connectivity index (χ1) is 3.41. The Morgan fingerprint density at radius 3 is 3.00 bits per heavy atom. The van der Waals surface area contributed by atoms with Crippen LogP contribution in [0.5, 0.6) is 0 Å². The summed E-state index contributed by atoms with van der Waals surface area (Å²) in [6, 6.07) is 0. The summed E-state index contributed by atoms with van der Waals surface area (Å²) in [7, 11) is 1.52. The van der Waals surface area contributed by atoms with Crippen molar-refractivity contribution in [3.05, 3.63) is 0 Å². The van der Waals surface area contributed by atoms with Crippen molar-refractivity contribution in [2.45, 2.75) is 0 Å². The Labute approximate surface area is 42.0 Å². The predicted molar refractivity (Wildman–Crippen MR) is 26.4 cm³/mol. The minimum absolute atomic E-state index is 0.263. The van der Waals surface area contributed by atoms with E-state index in [-0.39, 0.29) is 6.73 Å². The monoisotopic (exact) mass is 101 g/mol. The van der Waals surface area contributed by atoms with Gasteiger partial charge < -0.3 is 4.74 Å². The maximum absolute atomic E-state index is 9.47. The lowest BCUT2D eigenvalue weighted by Gasteiger charge is -1.82. The summed E-state index contributed by atoms with van der Waals surface area (Å²) in [5, 5.41) is 0. The lowest BCUT2D eigenvalue weighted by Crippen LogP contribution is -1.83. The van der Waals surface area contributed by atoms with E-state index in [9.17, 15) is 4.79 Å². The molecule has 0 aromatic rings. The third-order valence-corrected chi connectivity index (χ3v) is 0.370. The van der Waals surface area contributed by atoms with E-state index < -0.39 is 0 Å². The second-order valence-electron chi connectivity index (χ2n) is 0.886. The summed E-state index contributed by atoms with van der Waals surface area (Å²) < 4.78 is 4.49. The molecule has 0 radical (unpaired) electrons. The molecule has 0 atom stereocenters. The first-order valence-electron chi connectivity index (χ1n) is 1.84. The van der Waals surface area contributed by atoms with Crippen LogP contribution in [0.1, 0.15) is 0 Å². The fourth-order valence-electron chi connectivity index (χ4n) is 0.161. The molecule has 0 aliphatic rings. The van der Waals surface area contributed by atoms with Gasteiger partial charge in [0.2, 0.25) is 0 Å². The van der Waals surface area contributed by atoms with E-state index in [1.807, 2.05) is 0 Å². The van der Waals surface area contributed by atoms with Gasteiger partial charge in [-0.2, -0.15) is 0 Å². The van der Waals surface area contributed by atoms with Crippen LogP contribution in [0.25, 0.3) is 0 Å². The van der Waals surface area contributed by atoms with Crippen LogP contribution in [0.15, 0.2) is 4.99 Å². The molecule has 0 bridgehead atoms. The van der Waals surface area contributed by atoms with Crippen molar-refractivity contribution in [3.63, 3.8) is 0 Å². The molecule has 0 fully saturated rings. The molecule has 0 saturated heterocycles. The third kappa shape index (κ3) is 5.30. The van der Waals surface area contributed by atoms with Crippen LogP contribution in [0.3, 0.4) is 0 Å². The van der Waals surface area contributed by atoms with Crippen molar-refractivity contribution < 1.29 is 9.53 Å². The molecule has 0 N–H and O–H groups in total. The zero-order chi connectivity index (χ0) is 5.54. The van der Waals surface area contributed by atoms with Crippen molar-refractivity contribution >= 4 is 12.5 Å². The van der Waals surface area contributed by atoms with Crippen LogP contribution < -0.4 is 0 Å². The molecular formula is C4H7NO2. The maximum Gasteiger partial charge on any atom is 0.160 e. The van der Waals surface area contributed by atoms with Gasteiger partial charge in [-0.3, -0.25) is 9.79 Å². The van der Waals surface area contributed by atoms with Crippen molar-refractivity contribution in [2.24, 2.45) is 4.99 Å². The van der Waals surface area contributed by atoms with Gasteiger partial charge in [-0.05, 0) is 0 Å². The van der Waals surface area contributed by atoms with Crippen LogP contribution in [-0.4, -0.2) is 26.3 Å². The number of carbonyl (C=O) groups excluding carboxylic acids is 1. The molecular weight excluding hydrogens is 94.0 g/mol. The number of aliphatic imine (C=N–C) groups is 1. The van der Waals surface area contributed by atoms with Crippen molar-refractivity contribution in [1.29, 1.82) is 0 Å². The molecule has 3 heteroatoms. The molecule has 0 amide bonds. The number of nitrogens with zero attached hydrogens (tertiary/aromatic N) is 1. The molecule has 0 unspecified atom stereocenters. The summed E-state index contributed by atoms with van der Waals surface area (Å²) in [5.41, 5.74) is 0. The topological polar surface area (TPSA) is 38.7 Å². The molecule has 40 valence electrons. The van der Waals surface area contributed by atoms with Crippen LogP contribution >= 0.6 is 0 Å². The second kappa shape index (κ2) is 5.30. The van der Waals surface area contributed by atoms with Gasteiger partial charge in [0.1, 0.15) is 6.73 Å². The Morgan fingerprint density at radius 2 is 2.57 bits per heavy atom. The SMILES string of the molecule is COCN=CC=O. The molecule has 0 aromatic carbocycles. The molecule has 0 spiro atoms. The summed E-state index contributed by atoms with van der Waals surface area (Å²) in [4.78, 5) is 13.0. The average Bonchev–Trinajstić information content (AvgIpc) is 1.69. The Hall–Kier alpha value is -0.700. The van der Waals surface area contributed by atoms with Gasteiger partial charge in [0, 0.05) is 7.11 Å². The lowest BCUT2D eigenvalue weighted by molar-refractivity contribution is -0.102. The molecule has 0 aromatic heterocycles. The fraction of sp³-hybridized carbons (Fsp3) is 0.500. The molecule has 0 heterocycles. The Balaban J connectivity index is 2.92. The highest BCUT2D eigenvalue weighted by molar-refractivity contribution is 6.12. The number of hydrogen-bond donors (Lipinski definition) is 0. The van der Waals surface area contributed by atoms with Crippen LogP contribution in [0, 0.1) is 0 Å². The zero-order valence-corrected chi connectivity index (χ0v) is 4.13. The van der Waals surface area contributed by atoms with Crippen molar-refractivity contribution in [2.75, 3.05) is 13.8 Å². The minimum Gasteiger partial charge on any atom is -0.363 e. The normalized spacial score (nSPS) is 9.86. The van der Waals surface area contributed by atoms with Gasteiger partial charge in [-0.25, -0.2) is 0 Å². The molecule has 3 nitrogen and oxygen atoms in total. The lowest BCUT2D eigenvalue weighted by atomic mass is 10.8. The van der Waals surface area contributed by atoms with Gasteiger partial charge in [-0.1, -0.05) is 0 Å². The number of ether oxygens (including phenoxy) is 1.